The van der Waals surface area contributed by atoms with Gasteiger partial charge in [-0.1, -0.05) is 24.3 Å². The minimum atomic E-state index is -0.864. The van der Waals surface area contributed by atoms with E-state index in [1.54, 1.807) is 0 Å². The molecule has 0 aromatic heterocycles. The third-order valence-electron chi connectivity index (χ3n) is 4.09. The molecule has 0 saturated heterocycles. The topological polar surface area (TPSA) is 20.2 Å². The molecule has 3 rings (SSSR count). The molecule has 0 amide bonds. The Hall–Kier alpha value is -1.74. The number of halogens is 2. The minimum Gasteiger partial charge on any atom is -0.392 e. The predicted octanol–water partition coefficient (Wildman–Crippen LogP) is 3.60. The number of aryl methyl sites for hydroxylation is 2. The van der Waals surface area contributed by atoms with Gasteiger partial charge in [0.2, 0.25) is 0 Å². The number of hydrogen-bond donors (Lipinski definition) is 1. The molecule has 0 spiro atoms. The second kappa shape index (κ2) is 5.94. The van der Waals surface area contributed by atoms with Gasteiger partial charge in [0.15, 0.2) is 11.6 Å². The smallest absolute Gasteiger partial charge is 0.159 e. The van der Waals surface area contributed by atoms with Gasteiger partial charge in [-0.3, -0.25) is 0 Å². The van der Waals surface area contributed by atoms with Gasteiger partial charge >= 0.3 is 0 Å². The molecule has 1 aliphatic carbocycles. The van der Waals surface area contributed by atoms with E-state index in [0.29, 0.717) is 18.4 Å². The third kappa shape index (κ3) is 3.30. The van der Waals surface area contributed by atoms with E-state index in [4.69, 9.17) is 0 Å². The van der Waals surface area contributed by atoms with E-state index in [1.165, 1.54) is 23.6 Å². The minimum absolute atomic E-state index is 0.328. The van der Waals surface area contributed by atoms with Gasteiger partial charge in [-0.05, 0) is 66.5 Å². The summed E-state index contributed by atoms with van der Waals surface area (Å²) in [4.78, 5) is 0. The molecule has 3 heteroatoms. The summed E-state index contributed by atoms with van der Waals surface area (Å²) in [7, 11) is 0. The van der Waals surface area contributed by atoms with E-state index in [-0.39, 0.29) is 0 Å². The van der Waals surface area contributed by atoms with Crippen molar-refractivity contribution in [2.24, 2.45) is 0 Å². The van der Waals surface area contributed by atoms with Crippen molar-refractivity contribution in [3.63, 3.8) is 0 Å². The Labute approximate surface area is 123 Å². The lowest BCUT2D eigenvalue weighted by atomic mass is 9.98. The van der Waals surface area contributed by atoms with Gasteiger partial charge in [-0.15, -0.1) is 0 Å². The van der Waals surface area contributed by atoms with Gasteiger partial charge < -0.3 is 5.11 Å². The highest BCUT2D eigenvalue weighted by atomic mass is 19.2. The summed E-state index contributed by atoms with van der Waals surface area (Å²) in [6.45, 7) is 0. The van der Waals surface area contributed by atoms with Crippen LogP contribution in [0, 0.1) is 11.6 Å². The van der Waals surface area contributed by atoms with Crippen LogP contribution in [0.15, 0.2) is 36.4 Å². The van der Waals surface area contributed by atoms with E-state index in [0.717, 1.165) is 30.5 Å². The Bertz CT molecular complexity index is 652. The fraction of sp³-hybridized carbons (Fsp3) is 0.333. The van der Waals surface area contributed by atoms with Crippen LogP contribution in [0.2, 0.25) is 0 Å². The van der Waals surface area contributed by atoms with Gasteiger partial charge in [-0.25, -0.2) is 8.78 Å². The maximum absolute atomic E-state index is 13.1. The first-order valence-corrected chi connectivity index (χ1v) is 7.34. The van der Waals surface area contributed by atoms with Crippen LogP contribution < -0.4 is 0 Å². The summed E-state index contributed by atoms with van der Waals surface area (Å²) in [5, 5.41) is 10.1. The average Bonchev–Trinajstić information content (AvgIpc) is 2.90. The SMILES string of the molecule is OC(Cc1ccc(F)c(F)c1)Cc1ccc2c(c1)CCC2. The number of aliphatic hydroxyl groups is 1. The highest BCUT2D eigenvalue weighted by Gasteiger charge is 2.13. The van der Waals surface area contributed by atoms with Crippen LogP contribution >= 0.6 is 0 Å². The Morgan fingerprint density at radius 1 is 0.857 bits per heavy atom. The number of fused-ring (bicyclic) bond motifs is 1. The lowest BCUT2D eigenvalue weighted by molar-refractivity contribution is 0.175. The van der Waals surface area contributed by atoms with E-state index in [1.807, 2.05) is 0 Å². The summed E-state index contributed by atoms with van der Waals surface area (Å²) in [5.74, 6) is -1.72. The van der Waals surface area contributed by atoms with Gasteiger partial charge in [0.25, 0.3) is 0 Å². The first-order valence-electron chi connectivity index (χ1n) is 7.34. The molecular formula is C18H18F2O. The molecule has 2 aromatic carbocycles. The van der Waals surface area contributed by atoms with Crippen LogP contribution in [-0.2, 0) is 25.7 Å². The molecule has 0 bridgehead atoms. The maximum atomic E-state index is 13.1. The van der Waals surface area contributed by atoms with Crippen LogP contribution in [0.25, 0.3) is 0 Å². The standard InChI is InChI=1S/C18H18F2O/c19-17-7-5-13(11-18(17)20)10-16(21)9-12-4-6-14-2-1-3-15(14)8-12/h4-8,11,16,21H,1-3,9-10H2. The zero-order chi connectivity index (χ0) is 14.8. The van der Waals surface area contributed by atoms with Crippen LogP contribution in [-0.4, -0.2) is 11.2 Å². The number of aliphatic hydroxyl groups excluding tert-OH is 1. The summed E-state index contributed by atoms with van der Waals surface area (Å²) in [5.41, 5.74) is 4.51. The first kappa shape index (κ1) is 14.2. The Balaban J connectivity index is 1.66. The second-order valence-electron chi connectivity index (χ2n) is 5.77. The van der Waals surface area contributed by atoms with Crippen LogP contribution in [0.1, 0.15) is 28.7 Å². The van der Waals surface area contributed by atoms with Crippen LogP contribution in [0.3, 0.4) is 0 Å². The highest BCUT2D eigenvalue weighted by Crippen LogP contribution is 2.23. The van der Waals surface area contributed by atoms with Gasteiger partial charge in [-0.2, -0.15) is 0 Å². The number of benzene rings is 2. The molecule has 2 aromatic rings. The zero-order valence-corrected chi connectivity index (χ0v) is 11.8. The Morgan fingerprint density at radius 3 is 2.29 bits per heavy atom. The molecule has 0 radical (unpaired) electrons. The van der Waals surface area contributed by atoms with E-state index in [2.05, 4.69) is 18.2 Å². The molecule has 1 nitrogen and oxygen atoms in total. The second-order valence-corrected chi connectivity index (χ2v) is 5.77. The van der Waals surface area contributed by atoms with E-state index >= 15 is 0 Å². The monoisotopic (exact) mass is 288 g/mol. The largest absolute Gasteiger partial charge is 0.392 e. The summed E-state index contributed by atoms with van der Waals surface area (Å²) >= 11 is 0. The van der Waals surface area contributed by atoms with Crippen LogP contribution in [0.4, 0.5) is 8.78 Å². The molecule has 0 heterocycles. The molecule has 1 N–H and O–H groups in total. The van der Waals surface area contributed by atoms with Crippen molar-refractivity contribution in [2.45, 2.75) is 38.2 Å². The molecule has 1 atom stereocenters. The Kier molecular flexibility index (Phi) is 4.02. The van der Waals surface area contributed by atoms with E-state index in [9.17, 15) is 13.9 Å². The summed E-state index contributed by atoms with van der Waals surface area (Å²) < 4.78 is 26.0. The van der Waals surface area contributed by atoms with Crippen molar-refractivity contribution >= 4 is 0 Å². The molecule has 110 valence electrons. The zero-order valence-electron chi connectivity index (χ0n) is 11.8. The van der Waals surface area contributed by atoms with Crippen molar-refractivity contribution in [2.75, 3.05) is 0 Å². The highest BCUT2D eigenvalue weighted by molar-refractivity contribution is 5.35. The van der Waals surface area contributed by atoms with E-state index < -0.39 is 17.7 Å². The first-order chi connectivity index (χ1) is 10.1. The van der Waals surface area contributed by atoms with Crippen molar-refractivity contribution < 1.29 is 13.9 Å². The van der Waals surface area contributed by atoms with Gasteiger partial charge in [0, 0.05) is 0 Å². The molecule has 0 saturated carbocycles. The lowest BCUT2D eigenvalue weighted by Gasteiger charge is -2.12. The fourth-order valence-electron chi connectivity index (χ4n) is 3.04. The quantitative estimate of drug-likeness (QED) is 0.911. The van der Waals surface area contributed by atoms with Crippen LogP contribution in [0.5, 0.6) is 0 Å². The van der Waals surface area contributed by atoms with Crippen molar-refractivity contribution in [3.8, 4) is 0 Å². The Morgan fingerprint density at radius 2 is 1.52 bits per heavy atom. The molecule has 21 heavy (non-hydrogen) atoms. The summed E-state index contributed by atoms with van der Waals surface area (Å²) in [6.07, 6.45) is 3.74. The molecule has 1 aliphatic rings. The third-order valence-corrected chi connectivity index (χ3v) is 4.09. The van der Waals surface area contributed by atoms with Gasteiger partial charge in [0.1, 0.15) is 0 Å². The maximum Gasteiger partial charge on any atom is 0.159 e. The number of rotatable bonds is 4. The van der Waals surface area contributed by atoms with Gasteiger partial charge in [0.05, 0.1) is 6.10 Å². The van der Waals surface area contributed by atoms with Crippen molar-refractivity contribution in [1.29, 1.82) is 0 Å². The normalized spacial score (nSPS) is 15.0. The fourth-order valence-corrected chi connectivity index (χ4v) is 3.04. The summed E-state index contributed by atoms with van der Waals surface area (Å²) in [6, 6.07) is 10.1. The predicted molar refractivity (Wildman–Crippen MR) is 78.2 cm³/mol. The number of hydrogen-bond acceptors (Lipinski definition) is 1. The molecular weight excluding hydrogens is 270 g/mol. The molecule has 1 unspecified atom stereocenters. The van der Waals surface area contributed by atoms with Crippen molar-refractivity contribution in [3.05, 3.63) is 70.3 Å². The average molecular weight is 288 g/mol. The molecule has 0 fully saturated rings. The lowest BCUT2D eigenvalue weighted by Crippen LogP contribution is -2.14. The molecule has 0 aliphatic heterocycles. The van der Waals surface area contributed by atoms with Crippen molar-refractivity contribution in [1.82, 2.24) is 0 Å².